The van der Waals surface area contributed by atoms with Crippen molar-refractivity contribution in [1.82, 2.24) is 14.4 Å². The lowest BCUT2D eigenvalue weighted by atomic mass is 9.81. The number of hydrogen-bond donors (Lipinski definition) is 0. The van der Waals surface area contributed by atoms with Gasteiger partial charge in [-0.2, -0.15) is 13.8 Å². The predicted octanol–water partition coefficient (Wildman–Crippen LogP) is 10.2. The van der Waals surface area contributed by atoms with Gasteiger partial charge in [0.1, 0.15) is 16.7 Å². The van der Waals surface area contributed by atoms with Crippen molar-refractivity contribution >= 4 is 27.8 Å². The van der Waals surface area contributed by atoms with Crippen LogP contribution in [0.3, 0.4) is 0 Å². The van der Waals surface area contributed by atoms with E-state index in [1.165, 1.54) is 23.3 Å². The fraction of sp³-hybridized carbons (Fsp3) is 0.0769. The van der Waals surface area contributed by atoms with Crippen LogP contribution in [0.4, 0.5) is 8.78 Å². The van der Waals surface area contributed by atoms with Gasteiger partial charge in [0.25, 0.3) is 0 Å². The smallest absolute Gasteiger partial charge is 0.232 e. The largest absolute Gasteiger partial charge is 0.437 e. The van der Waals surface area contributed by atoms with Gasteiger partial charge in [-0.05, 0) is 98.6 Å². The van der Waals surface area contributed by atoms with Gasteiger partial charge in [0.15, 0.2) is 0 Å². The summed E-state index contributed by atoms with van der Waals surface area (Å²) in [7, 11) is 0. The summed E-state index contributed by atoms with van der Waals surface area (Å²) in [5.74, 6) is -1.63. The first-order valence-electron chi connectivity index (χ1n) is 14.9. The van der Waals surface area contributed by atoms with Crippen molar-refractivity contribution in [3.05, 3.63) is 138 Å². The van der Waals surface area contributed by atoms with Crippen LogP contribution in [0.2, 0.25) is 0 Å². The van der Waals surface area contributed by atoms with Crippen molar-refractivity contribution in [2.24, 2.45) is 0 Å². The van der Waals surface area contributed by atoms with Crippen LogP contribution in [0.15, 0.2) is 120 Å². The third kappa shape index (κ3) is 3.82. The molecule has 8 aromatic rings. The molecule has 4 heterocycles. The highest BCUT2D eigenvalue weighted by Gasteiger charge is 2.36. The zero-order chi connectivity index (χ0) is 30.4. The second-order valence-corrected chi connectivity index (χ2v) is 12.2. The molecule has 0 unspecified atom stereocenters. The van der Waals surface area contributed by atoms with Crippen molar-refractivity contribution in [3.8, 4) is 44.5 Å². The molecule has 0 amide bonds. The SMILES string of the molecule is CC1(C)c2cc(-c3ccc(-c4ccc5nc6c7ccccc7oc6n5c4)cc3)ccc2-c2ccc(-c3ccc(F)nc3F)cc21. The number of imidazole rings is 1. The Bertz CT molecular complexity index is 2490. The van der Waals surface area contributed by atoms with E-state index in [1.807, 2.05) is 52.9 Å². The molecule has 0 saturated carbocycles. The molecule has 6 heteroatoms. The second kappa shape index (κ2) is 9.19. The van der Waals surface area contributed by atoms with Gasteiger partial charge in [-0.1, -0.05) is 74.5 Å². The maximum atomic E-state index is 14.5. The summed E-state index contributed by atoms with van der Waals surface area (Å²) in [6.45, 7) is 4.39. The summed E-state index contributed by atoms with van der Waals surface area (Å²) in [5.41, 5.74) is 13.0. The summed E-state index contributed by atoms with van der Waals surface area (Å²) >= 11 is 0. The normalized spacial score (nSPS) is 13.5. The summed E-state index contributed by atoms with van der Waals surface area (Å²) in [6, 6.07) is 35.9. The zero-order valence-electron chi connectivity index (χ0n) is 24.5. The number of hydrogen-bond acceptors (Lipinski definition) is 3. The van der Waals surface area contributed by atoms with Crippen LogP contribution >= 0.6 is 0 Å². The standard InChI is InChI=1S/C39H25F2N3O/c1-39(2)31-19-24(11-14-28(31)29-15-12-25(20-32(29)39)27-16-17-34(40)42-37(27)41)22-7-9-23(10-8-22)26-13-18-35-43-36-30-5-3-4-6-33(30)45-38(36)44(35)21-26/h3-21H,1-2H3. The van der Waals surface area contributed by atoms with E-state index in [-0.39, 0.29) is 5.41 Å². The summed E-state index contributed by atoms with van der Waals surface area (Å²) in [4.78, 5) is 8.19. The molecule has 0 N–H and O–H groups in total. The van der Waals surface area contributed by atoms with Crippen molar-refractivity contribution in [1.29, 1.82) is 0 Å². The molecule has 0 atom stereocenters. The highest BCUT2D eigenvalue weighted by molar-refractivity contribution is 6.03. The van der Waals surface area contributed by atoms with E-state index in [4.69, 9.17) is 9.40 Å². The number of furan rings is 1. The topological polar surface area (TPSA) is 43.3 Å². The first-order valence-corrected chi connectivity index (χ1v) is 14.9. The van der Waals surface area contributed by atoms with Gasteiger partial charge in [-0.15, -0.1) is 0 Å². The minimum absolute atomic E-state index is 0.293. The first-order chi connectivity index (χ1) is 21.8. The van der Waals surface area contributed by atoms with E-state index in [2.05, 4.69) is 73.6 Å². The fourth-order valence-electron chi connectivity index (χ4n) is 6.89. The summed E-state index contributed by atoms with van der Waals surface area (Å²) in [6.07, 6.45) is 2.08. The van der Waals surface area contributed by atoms with Crippen LogP contribution < -0.4 is 0 Å². The van der Waals surface area contributed by atoms with Gasteiger partial charge in [-0.3, -0.25) is 4.40 Å². The molecule has 9 rings (SSSR count). The molecule has 1 aliphatic rings. The lowest BCUT2D eigenvalue weighted by Gasteiger charge is -2.22. The number of benzene rings is 4. The van der Waals surface area contributed by atoms with E-state index in [0.717, 1.165) is 61.2 Å². The Labute approximate surface area is 257 Å². The van der Waals surface area contributed by atoms with Gasteiger partial charge in [0.05, 0.1) is 0 Å². The molecule has 45 heavy (non-hydrogen) atoms. The Kier molecular flexibility index (Phi) is 5.28. The van der Waals surface area contributed by atoms with Gasteiger partial charge in [0, 0.05) is 22.6 Å². The molecule has 0 saturated heterocycles. The Morgan fingerprint density at radius 2 is 1.24 bits per heavy atom. The number of halogens is 2. The molecule has 4 aromatic carbocycles. The third-order valence-corrected chi connectivity index (χ3v) is 9.28. The highest BCUT2D eigenvalue weighted by Crippen LogP contribution is 2.50. The third-order valence-electron chi connectivity index (χ3n) is 9.28. The maximum absolute atomic E-state index is 14.5. The van der Waals surface area contributed by atoms with Crippen LogP contribution in [-0.2, 0) is 5.41 Å². The Hall–Kier alpha value is -5.62. The predicted molar refractivity (Wildman–Crippen MR) is 174 cm³/mol. The highest BCUT2D eigenvalue weighted by atomic mass is 19.1. The number of nitrogens with zero attached hydrogens (tertiary/aromatic N) is 3. The van der Waals surface area contributed by atoms with Crippen molar-refractivity contribution < 1.29 is 13.2 Å². The molecule has 0 spiro atoms. The van der Waals surface area contributed by atoms with E-state index in [1.54, 1.807) is 0 Å². The fourth-order valence-corrected chi connectivity index (χ4v) is 6.89. The molecule has 0 radical (unpaired) electrons. The molecule has 0 fully saturated rings. The minimum atomic E-state index is -0.825. The van der Waals surface area contributed by atoms with Crippen LogP contribution in [0, 0.1) is 11.9 Å². The molecule has 216 valence electrons. The van der Waals surface area contributed by atoms with Crippen LogP contribution in [0.1, 0.15) is 25.0 Å². The Morgan fingerprint density at radius 3 is 2.00 bits per heavy atom. The minimum Gasteiger partial charge on any atom is -0.437 e. The quantitative estimate of drug-likeness (QED) is 0.193. The molecule has 1 aliphatic carbocycles. The van der Waals surface area contributed by atoms with E-state index in [0.29, 0.717) is 11.1 Å². The molecule has 4 aromatic heterocycles. The molecule has 4 nitrogen and oxygen atoms in total. The number of fused-ring (bicyclic) bond motifs is 8. The van der Waals surface area contributed by atoms with Crippen LogP contribution in [0.5, 0.6) is 0 Å². The monoisotopic (exact) mass is 589 g/mol. The van der Waals surface area contributed by atoms with E-state index >= 15 is 0 Å². The van der Waals surface area contributed by atoms with E-state index < -0.39 is 11.9 Å². The van der Waals surface area contributed by atoms with Crippen molar-refractivity contribution in [3.63, 3.8) is 0 Å². The van der Waals surface area contributed by atoms with Gasteiger partial charge >= 0.3 is 0 Å². The molecular weight excluding hydrogens is 564 g/mol. The van der Waals surface area contributed by atoms with Crippen LogP contribution in [-0.4, -0.2) is 14.4 Å². The number of aromatic nitrogens is 3. The maximum Gasteiger partial charge on any atom is 0.232 e. The Morgan fingerprint density at radius 1 is 0.622 bits per heavy atom. The Balaban J connectivity index is 1.05. The first kappa shape index (κ1) is 25.8. The van der Waals surface area contributed by atoms with Gasteiger partial charge < -0.3 is 4.42 Å². The average Bonchev–Trinajstić information content (AvgIpc) is 3.67. The number of para-hydroxylation sites is 1. The van der Waals surface area contributed by atoms with E-state index in [9.17, 15) is 8.78 Å². The molecule has 0 bridgehead atoms. The van der Waals surface area contributed by atoms with Crippen LogP contribution in [0.25, 0.3) is 72.4 Å². The number of rotatable bonds is 3. The molecular formula is C39H25F2N3O. The molecule has 0 aliphatic heterocycles. The van der Waals surface area contributed by atoms with Crippen molar-refractivity contribution in [2.75, 3.05) is 0 Å². The lowest BCUT2D eigenvalue weighted by Crippen LogP contribution is -2.15. The number of pyridine rings is 2. The lowest BCUT2D eigenvalue weighted by molar-refractivity contribution is 0.515. The summed E-state index contributed by atoms with van der Waals surface area (Å²) < 4.78 is 36.1. The zero-order valence-corrected chi connectivity index (χ0v) is 24.5. The van der Waals surface area contributed by atoms with Gasteiger partial charge in [-0.25, -0.2) is 4.98 Å². The summed E-state index contributed by atoms with van der Waals surface area (Å²) in [5, 5.41) is 1.02. The van der Waals surface area contributed by atoms with Crippen molar-refractivity contribution in [2.45, 2.75) is 19.3 Å². The average molecular weight is 590 g/mol. The second-order valence-electron chi connectivity index (χ2n) is 12.2. The van der Waals surface area contributed by atoms with Gasteiger partial charge in [0.2, 0.25) is 17.6 Å².